The van der Waals surface area contributed by atoms with Crippen LogP contribution >= 0.6 is 11.8 Å². The molecule has 0 aliphatic carbocycles. The third kappa shape index (κ3) is 4.43. The number of nitrogens with zero attached hydrogens (tertiary/aromatic N) is 2. The second-order valence-corrected chi connectivity index (χ2v) is 6.01. The van der Waals surface area contributed by atoms with Gasteiger partial charge in [-0.15, -0.1) is 0 Å². The van der Waals surface area contributed by atoms with Crippen molar-refractivity contribution in [2.75, 3.05) is 19.3 Å². The molecule has 22 heavy (non-hydrogen) atoms. The smallest absolute Gasteiger partial charge is 0.253 e. The number of imide groups is 2. The van der Waals surface area contributed by atoms with Crippen LogP contribution in [0.1, 0.15) is 33.1 Å². The molecule has 0 bridgehead atoms. The van der Waals surface area contributed by atoms with E-state index in [1.54, 1.807) is 0 Å². The van der Waals surface area contributed by atoms with Gasteiger partial charge < -0.3 is 0 Å². The first-order chi connectivity index (χ1) is 10.5. The van der Waals surface area contributed by atoms with Gasteiger partial charge in [-0.25, -0.2) is 0 Å². The van der Waals surface area contributed by atoms with Crippen molar-refractivity contribution < 1.29 is 19.2 Å². The lowest BCUT2D eigenvalue weighted by molar-refractivity contribution is -0.139. The van der Waals surface area contributed by atoms with Gasteiger partial charge in [0.25, 0.3) is 11.8 Å². The molecule has 0 saturated carbocycles. The first-order valence-corrected chi connectivity index (χ1v) is 8.65. The van der Waals surface area contributed by atoms with Gasteiger partial charge in [-0.1, -0.05) is 13.8 Å². The van der Waals surface area contributed by atoms with Crippen molar-refractivity contribution in [3.8, 4) is 0 Å². The predicted octanol–water partition coefficient (Wildman–Crippen LogP) is 1.21. The van der Waals surface area contributed by atoms with Crippen LogP contribution in [0.25, 0.3) is 0 Å². The summed E-state index contributed by atoms with van der Waals surface area (Å²) < 4.78 is 0. The van der Waals surface area contributed by atoms with Crippen LogP contribution in [0.15, 0.2) is 12.2 Å². The van der Waals surface area contributed by atoms with Crippen molar-refractivity contribution in [1.29, 1.82) is 0 Å². The average Bonchev–Trinajstić information content (AvgIpc) is 2.95. The van der Waals surface area contributed by atoms with Gasteiger partial charge >= 0.3 is 0 Å². The molecular formula is C15H22N2O4S. The number of thioether (sulfide) groups is 1. The maximum atomic E-state index is 11.4. The summed E-state index contributed by atoms with van der Waals surface area (Å²) in [5, 5.41) is -0.121. The lowest BCUT2D eigenvalue weighted by Gasteiger charge is -2.12. The van der Waals surface area contributed by atoms with Crippen LogP contribution in [0, 0.1) is 0 Å². The highest BCUT2D eigenvalue weighted by molar-refractivity contribution is 8.00. The van der Waals surface area contributed by atoms with Crippen LogP contribution in [-0.2, 0) is 19.2 Å². The molecule has 0 aromatic heterocycles. The predicted molar refractivity (Wildman–Crippen MR) is 85.1 cm³/mol. The van der Waals surface area contributed by atoms with Crippen molar-refractivity contribution in [2.45, 2.75) is 38.4 Å². The molecule has 0 spiro atoms. The fourth-order valence-corrected chi connectivity index (χ4v) is 2.81. The molecule has 6 nitrogen and oxygen atoms in total. The molecule has 0 aromatic carbocycles. The molecule has 0 radical (unpaired) electrons. The van der Waals surface area contributed by atoms with Crippen molar-refractivity contribution in [3.63, 3.8) is 0 Å². The van der Waals surface area contributed by atoms with Crippen molar-refractivity contribution >= 4 is 35.4 Å². The number of amides is 4. The minimum Gasteiger partial charge on any atom is -0.282 e. The van der Waals surface area contributed by atoms with E-state index < -0.39 is 0 Å². The summed E-state index contributed by atoms with van der Waals surface area (Å²) in [6.07, 6.45) is 6.53. The zero-order valence-electron chi connectivity index (χ0n) is 13.2. The largest absolute Gasteiger partial charge is 0.282 e. The van der Waals surface area contributed by atoms with Gasteiger partial charge in [0.1, 0.15) is 0 Å². The second kappa shape index (κ2) is 8.73. The monoisotopic (exact) mass is 326 g/mol. The average molecular weight is 326 g/mol. The summed E-state index contributed by atoms with van der Waals surface area (Å²) in [6, 6.07) is 0. The molecular weight excluding hydrogens is 304 g/mol. The summed E-state index contributed by atoms with van der Waals surface area (Å²) in [7, 11) is 0. The SMILES string of the molecule is CCCN1C(=O)C=CC1=O.CCCN1C(=O)CC(SC)C1=O. The molecule has 0 aromatic rings. The molecule has 2 aliphatic heterocycles. The molecule has 7 heteroatoms. The van der Waals surface area contributed by atoms with Gasteiger partial charge in [0, 0.05) is 31.7 Å². The summed E-state index contributed by atoms with van der Waals surface area (Å²) in [5.74, 6) is -0.394. The van der Waals surface area contributed by atoms with E-state index in [1.807, 2.05) is 20.1 Å². The van der Waals surface area contributed by atoms with Gasteiger partial charge in [-0.2, -0.15) is 11.8 Å². The highest BCUT2D eigenvalue weighted by Gasteiger charge is 2.37. The molecule has 1 saturated heterocycles. The number of carbonyl (C=O) groups is 4. The van der Waals surface area contributed by atoms with Crippen LogP contribution in [0.2, 0.25) is 0 Å². The van der Waals surface area contributed by atoms with Gasteiger partial charge in [-0.3, -0.25) is 29.0 Å². The Morgan fingerprint density at radius 3 is 1.91 bits per heavy atom. The Morgan fingerprint density at radius 2 is 1.50 bits per heavy atom. The van der Waals surface area contributed by atoms with Crippen LogP contribution < -0.4 is 0 Å². The first-order valence-electron chi connectivity index (χ1n) is 7.36. The molecule has 122 valence electrons. The number of rotatable bonds is 5. The lowest BCUT2D eigenvalue weighted by Crippen LogP contribution is -2.31. The number of hydrogen-bond donors (Lipinski definition) is 0. The third-order valence-electron chi connectivity index (χ3n) is 3.28. The Kier molecular flexibility index (Phi) is 7.31. The molecule has 2 heterocycles. The Hall–Kier alpha value is -1.63. The van der Waals surface area contributed by atoms with E-state index in [0.29, 0.717) is 19.5 Å². The fraction of sp³-hybridized carbons (Fsp3) is 0.600. The summed E-state index contributed by atoms with van der Waals surface area (Å²) in [4.78, 5) is 46.9. The maximum Gasteiger partial charge on any atom is 0.253 e. The van der Waals surface area contributed by atoms with Crippen molar-refractivity contribution in [2.24, 2.45) is 0 Å². The van der Waals surface area contributed by atoms with Crippen molar-refractivity contribution in [1.82, 2.24) is 9.80 Å². The molecule has 4 amide bonds. The Morgan fingerprint density at radius 1 is 1.00 bits per heavy atom. The van der Waals surface area contributed by atoms with Crippen LogP contribution in [-0.4, -0.2) is 58.0 Å². The molecule has 1 atom stereocenters. The summed E-state index contributed by atoms with van der Waals surface area (Å²) in [5.41, 5.74) is 0. The molecule has 1 unspecified atom stereocenters. The molecule has 2 rings (SSSR count). The van der Waals surface area contributed by atoms with Gasteiger partial charge in [0.05, 0.1) is 5.25 Å². The van der Waals surface area contributed by atoms with Crippen LogP contribution in [0.5, 0.6) is 0 Å². The van der Waals surface area contributed by atoms with Crippen LogP contribution in [0.3, 0.4) is 0 Å². The minimum absolute atomic E-state index is 0.00523. The van der Waals surface area contributed by atoms with Gasteiger partial charge in [0.15, 0.2) is 0 Å². The lowest BCUT2D eigenvalue weighted by atomic mass is 10.4. The molecule has 2 aliphatic rings. The fourth-order valence-electron chi connectivity index (χ4n) is 2.17. The number of hydrogen-bond acceptors (Lipinski definition) is 5. The maximum absolute atomic E-state index is 11.4. The van der Waals surface area contributed by atoms with E-state index in [4.69, 9.17) is 0 Å². The van der Waals surface area contributed by atoms with E-state index in [2.05, 4.69) is 0 Å². The Balaban J connectivity index is 0.000000224. The molecule has 0 N–H and O–H groups in total. The zero-order valence-corrected chi connectivity index (χ0v) is 14.0. The third-order valence-corrected chi connectivity index (χ3v) is 4.22. The highest BCUT2D eigenvalue weighted by Crippen LogP contribution is 2.22. The van der Waals surface area contributed by atoms with E-state index in [9.17, 15) is 19.2 Å². The normalized spacial score (nSPS) is 20.8. The van der Waals surface area contributed by atoms with E-state index in [0.717, 1.165) is 12.8 Å². The Labute approximate surface area is 134 Å². The standard InChI is InChI=1S/C8H13NO2S.C7H9NO2/c1-3-4-9-7(10)5-6(12-2)8(9)11;1-2-5-8-6(9)3-4-7(8)10/h6H,3-5H2,1-2H3;3-4H,2,5H2,1H3. The second-order valence-electron chi connectivity index (χ2n) is 4.97. The molecule has 1 fully saturated rings. The number of likely N-dealkylation sites (tertiary alicyclic amines) is 1. The summed E-state index contributed by atoms with van der Waals surface area (Å²) in [6.45, 7) is 5.01. The summed E-state index contributed by atoms with van der Waals surface area (Å²) >= 11 is 1.46. The van der Waals surface area contributed by atoms with E-state index >= 15 is 0 Å². The van der Waals surface area contributed by atoms with E-state index in [1.165, 1.54) is 33.7 Å². The quantitative estimate of drug-likeness (QED) is 0.710. The topological polar surface area (TPSA) is 74.8 Å². The van der Waals surface area contributed by atoms with E-state index in [-0.39, 0.29) is 28.9 Å². The van der Waals surface area contributed by atoms with Crippen molar-refractivity contribution in [3.05, 3.63) is 12.2 Å². The number of carbonyl (C=O) groups excluding carboxylic acids is 4. The van der Waals surface area contributed by atoms with Gasteiger partial charge in [-0.05, 0) is 19.1 Å². The minimum atomic E-state index is -0.188. The first kappa shape index (κ1) is 18.4. The Bertz CT molecular complexity index is 472. The highest BCUT2D eigenvalue weighted by atomic mass is 32.2. The zero-order chi connectivity index (χ0) is 16.7. The van der Waals surface area contributed by atoms with Gasteiger partial charge in [0.2, 0.25) is 11.8 Å². The van der Waals surface area contributed by atoms with Crippen LogP contribution in [0.4, 0.5) is 0 Å².